The van der Waals surface area contributed by atoms with E-state index in [0.717, 1.165) is 11.6 Å². The molecule has 0 aliphatic carbocycles. The maximum absolute atomic E-state index is 12.9. The number of anilines is 1. The number of nitrogens with one attached hydrogen (secondary N) is 3. The molecule has 0 saturated heterocycles. The standard InChI is InChI=1S/C21H24N6O9S3/c1-14-8-10-17(11-9-14)38(31,32)36-13-12-16-6-4-5-7-18(16)37(29,30)27-39(33,34)26-20(28)24-19-22-15(2)23-21(25-19)35-3/h4-11,27H,12-13H2,1-3H3,(H2,22,23,24,25,26,28). The smallest absolute Gasteiger partial charge is 0.336 e. The summed E-state index contributed by atoms with van der Waals surface area (Å²) in [5.41, 5.74) is 0.917. The van der Waals surface area contributed by atoms with E-state index in [-0.39, 0.29) is 34.7 Å². The molecule has 2 amide bonds. The van der Waals surface area contributed by atoms with Crippen LogP contribution in [0, 0.1) is 13.8 Å². The fourth-order valence-corrected chi connectivity index (χ4v) is 6.73. The van der Waals surface area contributed by atoms with Gasteiger partial charge in [-0.15, -0.1) is 0 Å². The van der Waals surface area contributed by atoms with Gasteiger partial charge in [0, 0.05) is 0 Å². The number of benzene rings is 2. The van der Waals surface area contributed by atoms with Gasteiger partial charge in [0.15, 0.2) is 0 Å². The van der Waals surface area contributed by atoms with Crippen LogP contribution in [0.5, 0.6) is 6.01 Å². The summed E-state index contributed by atoms with van der Waals surface area (Å²) >= 11 is 0. The molecule has 0 saturated carbocycles. The predicted molar refractivity (Wildman–Crippen MR) is 137 cm³/mol. The number of aromatic nitrogens is 3. The molecular formula is C21H24N6O9S3. The first-order chi connectivity index (χ1) is 18.2. The Bertz CT molecular complexity index is 1680. The second-order valence-electron chi connectivity index (χ2n) is 7.79. The van der Waals surface area contributed by atoms with Gasteiger partial charge in [0.1, 0.15) is 5.82 Å². The Morgan fingerprint density at radius 3 is 2.23 bits per heavy atom. The largest absolute Gasteiger partial charge is 0.467 e. The summed E-state index contributed by atoms with van der Waals surface area (Å²) in [7, 11) is -12.6. The third kappa shape index (κ3) is 8.39. The number of carbonyl (C=O) groups excluding carboxylic acids is 1. The van der Waals surface area contributed by atoms with E-state index in [0.29, 0.717) is 0 Å². The lowest BCUT2D eigenvalue weighted by molar-refractivity contribution is 0.256. The molecule has 0 aliphatic heterocycles. The lowest BCUT2D eigenvalue weighted by atomic mass is 10.2. The topological polar surface area (TPSA) is 213 Å². The summed E-state index contributed by atoms with van der Waals surface area (Å²) in [5.74, 6) is -0.186. The second kappa shape index (κ2) is 12.0. The van der Waals surface area contributed by atoms with E-state index in [9.17, 15) is 30.0 Å². The van der Waals surface area contributed by atoms with Gasteiger partial charge in [-0.1, -0.05) is 40.0 Å². The normalized spacial score (nSPS) is 12.1. The zero-order valence-corrected chi connectivity index (χ0v) is 23.2. The molecule has 210 valence electrons. The fourth-order valence-electron chi connectivity index (χ4n) is 3.07. The van der Waals surface area contributed by atoms with Crippen LogP contribution in [0.2, 0.25) is 0 Å². The molecule has 39 heavy (non-hydrogen) atoms. The minimum Gasteiger partial charge on any atom is -0.467 e. The number of methoxy groups -OCH3 is 1. The van der Waals surface area contributed by atoms with Crippen LogP contribution in [0.1, 0.15) is 17.0 Å². The molecule has 0 fully saturated rings. The van der Waals surface area contributed by atoms with Crippen LogP contribution in [0.3, 0.4) is 0 Å². The molecule has 18 heteroatoms. The molecule has 1 heterocycles. The third-order valence-electron chi connectivity index (χ3n) is 4.76. The first-order valence-electron chi connectivity index (χ1n) is 10.9. The van der Waals surface area contributed by atoms with E-state index >= 15 is 0 Å². The van der Waals surface area contributed by atoms with Crippen LogP contribution in [-0.2, 0) is 41.0 Å². The molecule has 15 nitrogen and oxygen atoms in total. The van der Waals surface area contributed by atoms with E-state index in [1.165, 1.54) is 53.2 Å². The number of rotatable bonds is 11. The minimum atomic E-state index is -4.96. The van der Waals surface area contributed by atoms with Crippen molar-refractivity contribution in [3.05, 3.63) is 65.5 Å². The van der Waals surface area contributed by atoms with Gasteiger partial charge in [0.25, 0.3) is 20.1 Å². The number of hydrogen-bond acceptors (Lipinski definition) is 12. The lowest BCUT2D eigenvalue weighted by Gasteiger charge is -2.13. The Morgan fingerprint density at radius 1 is 0.897 bits per heavy atom. The number of sulfonamides is 1. The first kappa shape index (κ1) is 29.8. The molecule has 3 rings (SSSR count). The molecule has 0 atom stereocenters. The van der Waals surface area contributed by atoms with Gasteiger partial charge in [0.2, 0.25) is 5.95 Å². The van der Waals surface area contributed by atoms with Gasteiger partial charge in [-0.3, -0.25) is 9.50 Å². The Kier molecular flexibility index (Phi) is 9.18. The fraction of sp³-hybridized carbons (Fsp3) is 0.238. The highest BCUT2D eigenvalue weighted by molar-refractivity contribution is 8.04. The summed E-state index contributed by atoms with van der Waals surface area (Å²) in [6, 6.07) is 9.72. The maximum atomic E-state index is 12.9. The van der Waals surface area contributed by atoms with Crippen molar-refractivity contribution in [1.82, 2.24) is 23.8 Å². The average molecular weight is 601 g/mol. The molecule has 0 radical (unpaired) electrons. The number of amides is 2. The Balaban J connectivity index is 1.68. The van der Waals surface area contributed by atoms with Crippen molar-refractivity contribution >= 4 is 42.3 Å². The van der Waals surface area contributed by atoms with E-state index in [1.807, 2.05) is 5.32 Å². The zero-order valence-electron chi connectivity index (χ0n) is 20.8. The molecular weight excluding hydrogens is 576 g/mol. The number of hydrogen-bond donors (Lipinski definition) is 3. The maximum Gasteiger partial charge on any atom is 0.336 e. The highest BCUT2D eigenvalue weighted by Gasteiger charge is 2.27. The predicted octanol–water partition coefficient (Wildman–Crippen LogP) is 0.790. The first-order valence-corrected chi connectivity index (χ1v) is 15.3. The number of urea groups is 1. The van der Waals surface area contributed by atoms with E-state index < -0.39 is 47.9 Å². The minimum absolute atomic E-state index is 0.0662. The molecule has 2 aromatic carbocycles. The van der Waals surface area contributed by atoms with Crippen molar-refractivity contribution in [2.45, 2.75) is 30.1 Å². The Hall–Kier alpha value is -3.71. The van der Waals surface area contributed by atoms with E-state index in [4.69, 9.17) is 8.92 Å². The highest BCUT2D eigenvalue weighted by atomic mass is 32.3. The van der Waals surface area contributed by atoms with Crippen LogP contribution in [0.25, 0.3) is 0 Å². The van der Waals surface area contributed by atoms with Crippen molar-refractivity contribution in [1.29, 1.82) is 0 Å². The molecule has 0 bridgehead atoms. The van der Waals surface area contributed by atoms with Crippen LogP contribution >= 0.6 is 0 Å². The molecule has 0 spiro atoms. The van der Waals surface area contributed by atoms with Gasteiger partial charge in [-0.2, -0.15) is 31.8 Å². The Morgan fingerprint density at radius 2 is 1.56 bits per heavy atom. The molecule has 1 aromatic heterocycles. The molecule has 0 unspecified atom stereocenters. The van der Waals surface area contributed by atoms with Gasteiger partial charge < -0.3 is 4.74 Å². The Labute approximate surface area is 225 Å². The van der Waals surface area contributed by atoms with Gasteiger partial charge in [-0.25, -0.2) is 17.9 Å². The molecule has 0 aliphatic rings. The van der Waals surface area contributed by atoms with E-state index in [2.05, 4.69) is 15.0 Å². The number of ether oxygens (including phenoxy) is 1. The number of aryl methyl sites for hydroxylation is 2. The zero-order chi connectivity index (χ0) is 28.8. The molecule has 3 aromatic rings. The van der Waals surface area contributed by atoms with Crippen LogP contribution in [0.15, 0.2) is 58.3 Å². The highest BCUT2D eigenvalue weighted by Crippen LogP contribution is 2.18. The second-order valence-corrected chi connectivity index (χ2v) is 12.7. The lowest BCUT2D eigenvalue weighted by Crippen LogP contribution is -2.45. The quantitative estimate of drug-likeness (QED) is 0.261. The van der Waals surface area contributed by atoms with Crippen molar-refractivity contribution < 1.29 is 39.0 Å². The van der Waals surface area contributed by atoms with Crippen molar-refractivity contribution in [2.75, 3.05) is 19.0 Å². The van der Waals surface area contributed by atoms with Crippen molar-refractivity contribution in [2.24, 2.45) is 0 Å². The average Bonchev–Trinajstić information content (AvgIpc) is 2.83. The summed E-state index contributed by atoms with van der Waals surface area (Å²) < 4.78 is 88.1. The van der Waals surface area contributed by atoms with Crippen LogP contribution < -0.4 is 18.9 Å². The van der Waals surface area contributed by atoms with Gasteiger partial charge in [-0.05, 0) is 44.0 Å². The SMILES string of the molecule is COc1nc(C)nc(NC(=O)NS(=O)(=O)NS(=O)(=O)c2ccccc2CCOS(=O)(=O)c2ccc(C)cc2)n1. The van der Waals surface area contributed by atoms with Crippen molar-refractivity contribution in [3.8, 4) is 6.01 Å². The van der Waals surface area contributed by atoms with Gasteiger partial charge >= 0.3 is 22.3 Å². The van der Waals surface area contributed by atoms with Crippen LogP contribution in [-0.4, -0.2) is 60.0 Å². The van der Waals surface area contributed by atoms with Crippen LogP contribution in [0.4, 0.5) is 10.7 Å². The summed E-state index contributed by atoms with van der Waals surface area (Å²) in [6.45, 7) is 2.84. The summed E-state index contributed by atoms with van der Waals surface area (Å²) in [4.78, 5) is 22.9. The number of nitrogens with zero attached hydrogens (tertiary/aromatic N) is 3. The van der Waals surface area contributed by atoms with Crippen molar-refractivity contribution in [3.63, 3.8) is 0 Å². The number of carbonyl (C=O) groups is 1. The monoisotopic (exact) mass is 600 g/mol. The summed E-state index contributed by atoms with van der Waals surface area (Å²) in [6.07, 6.45) is -0.198. The van der Waals surface area contributed by atoms with Gasteiger partial charge in [0.05, 0.1) is 23.5 Å². The summed E-state index contributed by atoms with van der Waals surface area (Å²) in [5, 5.41) is 2.03. The van der Waals surface area contributed by atoms with E-state index in [1.54, 1.807) is 19.1 Å². The third-order valence-corrected chi connectivity index (χ3v) is 9.28. The molecule has 3 N–H and O–H groups in total.